The van der Waals surface area contributed by atoms with Crippen molar-refractivity contribution >= 4 is 11.6 Å². The summed E-state index contributed by atoms with van der Waals surface area (Å²) < 4.78 is 0. The molecule has 2 atom stereocenters. The monoisotopic (exact) mass is 277 g/mol. The van der Waals surface area contributed by atoms with Crippen LogP contribution in [0, 0.1) is 16.0 Å². The van der Waals surface area contributed by atoms with E-state index in [1.807, 2.05) is 0 Å². The highest BCUT2D eigenvalue weighted by Crippen LogP contribution is 2.25. The highest BCUT2D eigenvalue weighted by atomic mass is 16.6. The third-order valence-electron chi connectivity index (χ3n) is 3.92. The quantitative estimate of drug-likeness (QED) is 0.673. The molecule has 1 amide bonds. The molecule has 0 aliphatic carbocycles. The van der Waals surface area contributed by atoms with Gasteiger partial charge in [-0.1, -0.05) is 13.0 Å². The number of non-ortho nitro benzene ring substituents is 1. The van der Waals surface area contributed by atoms with Gasteiger partial charge in [0.1, 0.15) is 0 Å². The molecule has 1 heterocycles. The first kappa shape index (κ1) is 14.5. The number of carbonyl (C=O) groups is 1. The average Bonchev–Trinajstić information content (AvgIpc) is 2.46. The Balaban J connectivity index is 2.25. The Morgan fingerprint density at radius 3 is 2.95 bits per heavy atom. The topological polar surface area (TPSA) is 89.5 Å². The predicted molar refractivity (Wildman–Crippen MR) is 75.4 cm³/mol. The third kappa shape index (κ3) is 2.80. The number of nitrogens with zero attached hydrogens (tertiary/aromatic N) is 2. The van der Waals surface area contributed by atoms with Crippen LogP contribution in [0.3, 0.4) is 0 Å². The third-order valence-corrected chi connectivity index (χ3v) is 3.92. The van der Waals surface area contributed by atoms with Crippen molar-refractivity contribution in [1.82, 2.24) is 4.90 Å². The molecule has 1 aromatic carbocycles. The van der Waals surface area contributed by atoms with E-state index in [9.17, 15) is 14.9 Å². The number of rotatable bonds is 3. The minimum atomic E-state index is -0.490. The van der Waals surface area contributed by atoms with Gasteiger partial charge >= 0.3 is 0 Å². The van der Waals surface area contributed by atoms with Crippen LogP contribution in [0.4, 0.5) is 5.69 Å². The lowest BCUT2D eigenvalue weighted by Gasteiger charge is -2.39. The second-order valence-corrected chi connectivity index (χ2v) is 5.23. The fourth-order valence-corrected chi connectivity index (χ4v) is 2.78. The molecule has 0 spiro atoms. The molecular formula is C14H19N3O3. The van der Waals surface area contributed by atoms with E-state index in [4.69, 9.17) is 5.73 Å². The van der Waals surface area contributed by atoms with Gasteiger partial charge in [0.05, 0.1) is 4.92 Å². The maximum absolute atomic E-state index is 12.5. The molecule has 1 aromatic rings. The molecule has 1 saturated heterocycles. The summed E-state index contributed by atoms with van der Waals surface area (Å²) in [6.07, 6.45) is 2.00. The van der Waals surface area contributed by atoms with Crippen LogP contribution in [-0.2, 0) is 0 Å². The lowest BCUT2D eigenvalue weighted by Crippen LogP contribution is -2.51. The summed E-state index contributed by atoms with van der Waals surface area (Å²) >= 11 is 0. The van der Waals surface area contributed by atoms with Crippen LogP contribution < -0.4 is 5.73 Å². The summed E-state index contributed by atoms with van der Waals surface area (Å²) in [6, 6.07) is 5.87. The minimum Gasteiger partial charge on any atom is -0.334 e. The highest BCUT2D eigenvalue weighted by molar-refractivity contribution is 5.95. The molecule has 0 radical (unpaired) electrons. The normalized spacial score (nSPS) is 22.6. The lowest BCUT2D eigenvalue weighted by atomic mass is 9.90. The van der Waals surface area contributed by atoms with Gasteiger partial charge in [0, 0.05) is 36.8 Å². The van der Waals surface area contributed by atoms with E-state index < -0.39 is 4.92 Å². The summed E-state index contributed by atoms with van der Waals surface area (Å²) in [7, 11) is 0. The van der Waals surface area contributed by atoms with Crippen molar-refractivity contribution < 1.29 is 9.72 Å². The largest absolute Gasteiger partial charge is 0.334 e. The molecule has 1 aliphatic heterocycles. The molecule has 0 bridgehead atoms. The first-order chi connectivity index (χ1) is 9.54. The van der Waals surface area contributed by atoms with Crippen LogP contribution in [0.5, 0.6) is 0 Å². The van der Waals surface area contributed by atoms with E-state index >= 15 is 0 Å². The second kappa shape index (κ2) is 6.00. The number of carbonyl (C=O) groups excluding carboxylic acids is 1. The molecular weight excluding hydrogens is 258 g/mol. The molecule has 1 fully saturated rings. The number of benzene rings is 1. The fraction of sp³-hybridized carbons (Fsp3) is 0.500. The number of amides is 1. The molecule has 0 saturated carbocycles. The Morgan fingerprint density at radius 1 is 1.55 bits per heavy atom. The number of hydrogen-bond acceptors (Lipinski definition) is 4. The van der Waals surface area contributed by atoms with Gasteiger partial charge in [0.2, 0.25) is 0 Å². The summed E-state index contributed by atoms with van der Waals surface area (Å²) in [5.41, 5.74) is 6.06. The van der Waals surface area contributed by atoms with Crippen molar-refractivity contribution in [2.24, 2.45) is 11.7 Å². The minimum absolute atomic E-state index is 0.00973. The molecule has 2 rings (SSSR count). The van der Waals surface area contributed by atoms with Crippen LogP contribution in [-0.4, -0.2) is 34.9 Å². The Hall–Kier alpha value is -1.95. The molecule has 2 unspecified atom stereocenters. The smallest absolute Gasteiger partial charge is 0.270 e. The van der Waals surface area contributed by atoms with Gasteiger partial charge in [-0.15, -0.1) is 0 Å². The van der Waals surface area contributed by atoms with E-state index in [2.05, 4.69) is 6.92 Å². The van der Waals surface area contributed by atoms with E-state index in [0.29, 0.717) is 24.6 Å². The van der Waals surface area contributed by atoms with Gasteiger partial charge in [0.25, 0.3) is 11.6 Å². The van der Waals surface area contributed by atoms with Crippen LogP contribution in [0.2, 0.25) is 0 Å². The zero-order valence-corrected chi connectivity index (χ0v) is 11.5. The molecule has 0 aromatic heterocycles. The Bertz CT molecular complexity index is 518. The molecule has 2 N–H and O–H groups in total. The number of likely N-dealkylation sites (tertiary alicyclic amines) is 1. The fourth-order valence-electron chi connectivity index (χ4n) is 2.78. The SMILES string of the molecule is CC1CCCN(C(=O)c2cccc([N+](=O)[O-])c2)C1CN. The molecule has 6 heteroatoms. The Labute approximate surface area is 117 Å². The van der Waals surface area contributed by atoms with Gasteiger partial charge in [0.15, 0.2) is 0 Å². The van der Waals surface area contributed by atoms with E-state index in [1.54, 1.807) is 11.0 Å². The number of nitro groups is 1. The van der Waals surface area contributed by atoms with E-state index in [1.165, 1.54) is 18.2 Å². The molecule has 108 valence electrons. The molecule has 20 heavy (non-hydrogen) atoms. The van der Waals surface area contributed by atoms with Crippen LogP contribution in [0.15, 0.2) is 24.3 Å². The van der Waals surface area contributed by atoms with Crippen LogP contribution >= 0.6 is 0 Å². The first-order valence-corrected chi connectivity index (χ1v) is 6.80. The highest BCUT2D eigenvalue weighted by Gasteiger charge is 2.31. The zero-order valence-electron chi connectivity index (χ0n) is 11.5. The van der Waals surface area contributed by atoms with Crippen molar-refractivity contribution in [1.29, 1.82) is 0 Å². The van der Waals surface area contributed by atoms with Gasteiger partial charge in [-0.05, 0) is 24.8 Å². The summed E-state index contributed by atoms with van der Waals surface area (Å²) in [6.45, 7) is 3.17. The lowest BCUT2D eigenvalue weighted by molar-refractivity contribution is -0.384. The van der Waals surface area contributed by atoms with Crippen LogP contribution in [0.25, 0.3) is 0 Å². The summed E-state index contributed by atoms with van der Waals surface area (Å²) in [4.78, 5) is 24.6. The van der Waals surface area contributed by atoms with E-state index in [0.717, 1.165) is 12.8 Å². The number of hydrogen-bond donors (Lipinski definition) is 1. The van der Waals surface area contributed by atoms with Crippen molar-refractivity contribution in [3.63, 3.8) is 0 Å². The molecule has 6 nitrogen and oxygen atoms in total. The number of nitro benzene ring substituents is 1. The summed E-state index contributed by atoms with van der Waals surface area (Å²) in [5, 5.41) is 10.8. The standard InChI is InChI=1S/C14H19N3O3/c1-10-4-3-7-16(13(10)9-15)14(18)11-5-2-6-12(8-11)17(19)20/h2,5-6,8,10,13H,3-4,7,9,15H2,1H3. The number of nitrogens with two attached hydrogens (primary N) is 1. The average molecular weight is 277 g/mol. The second-order valence-electron chi connectivity index (χ2n) is 5.23. The van der Waals surface area contributed by atoms with E-state index in [-0.39, 0.29) is 17.6 Å². The van der Waals surface area contributed by atoms with Gasteiger partial charge in [-0.2, -0.15) is 0 Å². The Morgan fingerprint density at radius 2 is 2.30 bits per heavy atom. The van der Waals surface area contributed by atoms with Crippen LogP contribution in [0.1, 0.15) is 30.1 Å². The van der Waals surface area contributed by atoms with Gasteiger partial charge < -0.3 is 10.6 Å². The first-order valence-electron chi connectivity index (χ1n) is 6.80. The predicted octanol–water partition coefficient (Wildman–Crippen LogP) is 1.79. The van der Waals surface area contributed by atoms with Gasteiger partial charge in [-0.3, -0.25) is 14.9 Å². The summed E-state index contributed by atoms with van der Waals surface area (Å²) in [5.74, 6) is 0.187. The van der Waals surface area contributed by atoms with Crippen molar-refractivity contribution in [2.45, 2.75) is 25.8 Å². The maximum Gasteiger partial charge on any atom is 0.270 e. The Kier molecular flexibility index (Phi) is 4.34. The number of piperidine rings is 1. The van der Waals surface area contributed by atoms with Crippen molar-refractivity contribution in [3.05, 3.63) is 39.9 Å². The maximum atomic E-state index is 12.5. The van der Waals surface area contributed by atoms with Crippen molar-refractivity contribution in [3.8, 4) is 0 Å². The molecule has 1 aliphatic rings. The zero-order chi connectivity index (χ0) is 14.7. The van der Waals surface area contributed by atoms with Gasteiger partial charge in [-0.25, -0.2) is 0 Å². The van der Waals surface area contributed by atoms with Crippen molar-refractivity contribution in [2.75, 3.05) is 13.1 Å².